The summed E-state index contributed by atoms with van der Waals surface area (Å²) in [6.45, 7) is 8.67. The summed E-state index contributed by atoms with van der Waals surface area (Å²) >= 11 is 0. The summed E-state index contributed by atoms with van der Waals surface area (Å²) in [5.41, 5.74) is 2.39. The van der Waals surface area contributed by atoms with Crippen molar-refractivity contribution in [2.45, 2.75) is 116 Å². The van der Waals surface area contributed by atoms with Crippen LogP contribution in [0.4, 0.5) is 13.2 Å². The zero-order valence-corrected chi connectivity index (χ0v) is 25.6. The Labute approximate surface area is 248 Å². The van der Waals surface area contributed by atoms with Crippen molar-refractivity contribution in [2.24, 2.45) is 0 Å². The smallest absolute Gasteiger partial charge is 0.286 e. The summed E-state index contributed by atoms with van der Waals surface area (Å²) in [4.78, 5) is 11.0. The second kappa shape index (κ2) is 16.7. The Morgan fingerprint density at radius 1 is 1.10 bits per heavy atom. The molecule has 9 heteroatoms. The summed E-state index contributed by atoms with van der Waals surface area (Å²) in [5, 5.41) is 4.09. The molecule has 5 nitrogen and oxygen atoms in total. The Bertz CT molecular complexity index is 1030. The van der Waals surface area contributed by atoms with Crippen molar-refractivity contribution in [2.75, 3.05) is 19.8 Å². The molecule has 2 unspecified atom stereocenters. The van der Waals surface area contributed by atoms with Crippen LogP contribution in [0.3, 0.4) is 0 Å². The van der Waals surface area contributed by atoms with Gasteiger partial charge in [0.2, 0.25) is 0 Å². The summed E-state index contributed by atoms with van der Waals surface area (Å²) in [6, 6.07) is 7.91. The minimum atomic E-state index is -2.95. The van der Waals surface area contributed by atoms with Crippen molar-refractivity contribution in [3.63, 3.8) is 0 Å². The fraction of sp³-hybridized carbons (Fsp3) is 0.677. The van der Waals surface area contributed by atoms with Crippen molar-refractivity contribution >= 4 is 5.78 Å². The number of carbonyl (C=O) groups excluding carboxylic acids is 1. The molecule has 0 spiro atoms. The molecule has 0 bridgehead atoms. The number of aromatic nitrogens is 2. The van der Waals surface area contributed by atoms with Crippen LogP contribution in [0.5, 0.6) is 0 Å². The van der Waals surface area contributed by atoms with E-state index in [0.717, 1.165) is 100 Å². The van der Waals surface area contributed by atoms with Gasteiger partial charge in [-0.15, -0.1) is 12.1 Å². The Morgan fingerprint density at radius 2 is 1.82 bits per heavy atom. The van der Waals surface area contributed by atoms with Gasteiger partial charge in [-0.3, -0.25) is 9.48 Å². The van der Waals surface area contributed by atoms with Crippen molar-refractivity contribution in [1.29, 1.82) is 0 Å². The van der Waals surface area contributed by atoms with E-state index in [9.17, 15) is 18.0 Å². The van der Waals surface area contributed by atoms with Crippen LogP contribution in [0.2, 0.25) is 0 Å². The minimum Gasteiger partial charge on any atom is -0.381 e. The third-order valence-corrected chi connectivity index (χ3v) is 7.07. The van der Waals surface area contributed by atoms with Crippen LogP contribution in [0.1, 0.15) is 113 Å². The van der Waals surface area contributed by atoms with Gasteiger partial charge >= 0.3 is 0 Å². The normalized spacial score (nSPS) is 18.7. The molecule has 2 aromatic rings. The number of benzene rings is 1. The fourth-order valence-corrected chi connectivity index (χ4v) is 5.04. The molecular weight excluding hydrogens is 557 g/mol. The number of ether oxygens (including phenoxy) is 2. The maximum Gasteiger partial charge on any atom is 0.286 e. The number of nitrogens with zero attached hydrogens (tertiary/aromatic N) is 2. The van der Waals surface area contributed by atoms with Crippen LogP contribution in [-0.2, 0) is 44.1 Å². The van der Waals surface area contributed by atoms with Crippen molar-refractivity contribution in [3.8, 4) is 0 Å². The first-order chi connectivity index (χ1) is 18.6. The van der Waals surface area contributed by atoms with Crippen LogP contribution in [0, 0.1) is 18.8 Å². The summed E-state index contributed by atoms with van der Waals surface area (Å²) in [7, 11) is 0. The first kappa shape index (κ1) is 34.5. The number of carbonyl (C=O) groups is 1. The third-order valence-electron chi connectivity index (χ3n) is 7.07. The van der Waals surface area contributed by atoms with E-state index in [4.69, 9.17) is 9.47 Å². The van der Waals surface area contributed by atoms with Crippen LogP contribution < -0.4 is 0 Å². The molecule has 4 rings (SSSR count). The first-order valence-corrected chi connectivity index (χ1v) is 14.4. The Balaban J connectivity index is 0.000000290. The number of Topliss-reactive ketones (excluding diaryl/α,β-unsaturated/α-hetero) is 1. The second-order valence-electron chi connectivity index (χ2n) is 11.0. The van der Waals surface area contributed by atoms with E-state index in [-0.39, 0.29) is 47.3 Å². The SMILES string of the molecule is CC(=O)Cn1nc(C2CC2)cc1C(C)(F)F.CCCOCCCCCOC1CCCC1c1[c-]c(C)cc(F)c1.[Cr]. The Hall–Kier alpha value is -1.66. The average Bonchev–Trinajstić information content (AvgIpc) is 3.44. The first-order valence-electron chi connectivity index (χ1n) is 14.4. The van der Waals surface area contributed by atoms with E-state index in [1.807, 2.05) is 6.92 Å². The van der Waals surface area contributed by atoms with E-state index in [1.54, 1.807) is 6.07 Å². The van der Waals surface area contributed by atoms with Gasteiger partial charge in [0.1, 0.15) is 5.69 Å². The fourth-order valence-electron chi connectivity index (χ4n) is 5.04. The second-order valence-corrected chi connectivity index (χ2v) is 11.0. The van der Waals surface area contributed by atoms with E-state index in [0.29, 0.717) is 17.5 Å². The molecule has 1 heterocycles. The van der Waals surface area contributed by atoms with E-state index >= 15 is 0 Å². The van der Waals surface area contributed by atoms with Crippen LogP contribution in [-0.4, -0.2) is 41.5 Å². The standard InChI is InChI=1S/C20H30FO2.C11H14F2N2O.Cr/c1-3-10-22-11-5-4-6-12-23-20-9-7-8-19(20)17-13-16(2)14-18(21)15-17;1-7(16)6-15-10(11(2,12)13)5-9(14-15)8-3-4-8;/h14-15,19-20H,3-12H2,1-2H3;5,8H,3-4,6H2,1-2H3;/q-1;;. The van der Waals surface area contributed by atoms with Crippen LogP contribution >= 0.6 is 0 Å². The quantitative estimate of drug-likeness (QED) is 0.165. The van der Waals surface area contributed by atoms with Crippen molar-refractivity contribution in [1.82, 2.24) is 9.78 Å². The van der Waals surface area contributed by atoms with Gasteiger partial charge in [0.25, 0.3) is 5.92 Å². The summed E-state index contributed by atoms with van der Waals surface area (Å²) < 4.78 is 52.9. The predicted molar refractivity (Wildman–Crippen MR) is 146 cm³/mol. The topological polar surface area (TPSA) is 53.4 Å². The molecule has 0 amide bonds. The molecule has 0 radical (unpaired) electrons. The van der Waals surface area contributed by atoms with Gasteiger partial charge in [-0.25, -0.2) is 4.39 Å². The van der Waals surface area contributed by atoms with Gasteiger partial charge < -0.3 is 9.47 Å². The average molecular weight is 602 g/mol. The molecule has 1 aromatic heterocycles. The van der Waals surface area contributed by atoms with Gasteiger partial charge in [0, 0.05) is 55.8 Å². The predicted octanol–water partition coefficient (Wildman–Crippen LogP) is 7.64. The maximum atomic E-state index is 13.6. The molecule has 2 aliphatic carbocycles. The van der Waals surface area contributed by atoms with Crippen LogP contribution in [0.15, 0.2) is 18.2 Å². The van der Waals surface area contributed by atoms with E-state index < -0.39 is 5.92 Å². The summed E-state index contributed by atoms with van der Waals surface area (Å²) in [6.07, 6.45) is 9.96. The molecule has 224 valence electrons. The van der Waals surface area contributed by atoms with Crippen molar-refractivity contribution in [3.05, 3.63) is 52.6 Å². The molecule has 2 fully saturated rings. The van der Waals surface area contributed by atoms with Gasteiger partial charge in [-0.1, -0.05) is 20.3 Å². The van der Waals surface area contributed by atoms with Crippen LogP contribution in [0.25, 0.3) is 0 Å². The molecule has 2 saturated carbocycles. The molecule has 2 atom stereocenters. The number of aryl methyl sites for hydroxylation is 1. The summed E-state index contributed by atoms with van der Waals surface area (Å²) in [5.74, 6) is -2.66. The third kappa shape index (κ3) is 11.3. The van der Waals surface area contributed by atoms with Gasteiger partial charge in [-0.2, -0.15) is 31.1 Å². The molecule has 0 aliphatic heterocycles. The molecule has 1 aromatic carbocycles. The number of rotatable bonds is 14. The number of alkyl halides is 2. The van der Waals surface area contributed by atoms with Crippen molar-refractivity contribution < 1.29 is 44.8 Å². The molecule has 40 heavy (non-hydrogen) atoms. The van der Waals surface area contributed by atoms with Gasteiger partial charge in [-0.05, 0) is 70.3 Å². The molecule has 0 N–H and O–H groups in total. The number of ketones is 1. The van der Waals surface area contributed by atoms with Gasteiger partial charge in [0.05, 0.1) is 18.3 Å². The number of hydrogen-bond acceptors (Lipinski definition) is 4. The zero-order valence-electron chi connectivity index (χ0n) is 24.3. The largest absolute Gasteiger partial charge is 0.381 e. The number of unbranched alkanes of at least 4 members (excludes halogenated alkanes) is 2. The van der Waals surface area contributed by atoms with Gasteiger partial charge in [0.15, 0.2) is 5.78 Å². The van der Waals surface area contributed by atoms with E-state index in [1.165, 1.54) is 19.1 Å². The number of hydrogen-bond donors (Lipinski definition) is 0. The minimum absolute atomic E-state index is 0. The van der Waals surface area contributed by atoms with E-state index in [2.05, 4.69) is 18.1 Å². The zero-order chi connectivity index (χ0) is 28.4. The monoisotopic (exact) mass is 601 g/mol. The number of halogens is 3. The molecule has 2 aliphatic rings. The maximum absolute atomic E-state index is 13.6. The molecule has 0 saturated heterocycles. The Kier molecular flexibility index (Phi) is 14.4. The Morgan fingerprint density at radius 3 is 2.45 bits per heavy atom. The molecular formula is C31H44CrF3N2O3-.